The van der Waals surface area contributed by atoms with Crippen LogP contribution < -0.4 is 10.2 Å². The fourth-order valence-corrected chi connectivity index (χ4v) is 2.29. The third-order valence-electron chi connectivity index (χ3n) is 3.35. The molecule has 3 aromatic rings. The highest BCUT2D eigenvalue weighted by molar-refractivity contribution is 5.80. The molecular formula is C15H18N6. The summed E-state index contributed by atoms with van der Waals surface area (Å²) in [7, 11) is 5.92. The molecule has 1 N–H and O–H groups in total. The van der Waals surface area contributed by atoms with Gasteiger partial charge in [-0.15, -0.1) is 0 Å². The molecule has 0 bridgehead atoms. The van der Waals surface area contributed by atoms with Crippen molar-refractivity contribution >= 4 is 28.5 Å². The van der Waals surface area contributed by atoms with E-state index in [0.717, 1.165) is 28.1 Å². The highest BCUT2D eigenvalue weighted by Crippen LogP contribution is 2.21. The molecule has 0 saturated carbocycles. The summed E-state index contributed by atoms with van der Waals surface area (Å²) in [5, 5.41) is 3.23. The van der Waals surface area contributed by atoms with Crippen molar-refractivity contribution in [1.29, 1.82) is 0 Å². The third kappa shape index (κ3) is 2.52. The summed E-state index contributed by atoms with van der Waals surface area (Å²) >= 11 is 0. The third-order valence-corrected chi connectivity index (χ3v) is 3.35. The van der Waals surface area contributed by atoms with Crippen LogP contribution in [-0.2, 0) is 7.05 Å². The second-order valence-corrected chi connectivity index (χ2v) is 5.28. The smallest absolute Gasteiger partial charge is 0.229 e. The molecule has 0 fully saturated rings. The molecule has 0 aliphatic rings. The Hall–Kier alpha value is -2.63. The number of anilines is 3. The van der Waals surface area contributed by atoms with Crippen molar-refractivity contribution in [2.24, 2.45) is 7.05 Å². The highest BCUT2D eigenvalue weighted by atomic mass is 15.2. The Kier molecular flexibility index (Phi) is 3.21. The molecule has 108 valence electrons. The van der Waals surface area contributed by atoms with Crippen LogP contribution in [-0.4, -0.2) is 33.6 Å². The molecule has 0 atom stereocenters. The first-order valence-electron chi connectivity index (χ1n) is 6.73. The molecule has 1 aromatic carbocycles. The maximum absolute atomic E-state index is 4.53. The van der Waals surface area contributed by atoms with Crippen molar-refractivity contribution in [2.45, 2.75) is 6.92 Å². The zero-order valence-electron chi connectivity index (χ0n) is 12.6. The van der Waals surface area contributed by atoms with Crippen molar-refractivity contribution in [3.8, 4) is 0 Å². The molecule has 0 amide bonds. The Morgan fingerprint density at radius 1 is 1.19 bits per heavy atom. The fraction of sp³-hybridized carbons (Fsp3) is 0.267. The largest absolute Gasteiger partial charge is 0.362 e. The first-order valence-corrected chi connectivity index (χ1v) is 6.73. The minimum atomic E-state index is 0.583. The first-order chi connectivity index (χ1) is 10.0. The van der Waals surface area contributed by atoms with Crippen molar-refractivity contribution < 1.29 is 0 Å². The van der Waals surface area contributed by atoms with Gasteiger partial charge in [0.2, 0.25) is 5.95 Å². The van der Waals surface area contributed by atoms with E-state index in [9.17, 15) is 0 Å². The number of hydrogen-bond acceptors (Lipinski definition) is 5. The van der Waals surface area contributed by atoms with Gasteiger partial charge in [0.25, 0.3) is 0 Å². The van der Waals surface area contributed by atoms with Gasteiger partial charge in [0.05, 0.1) is 17.4 Å². The van der Waals surface area contributed by atoms with Gasteiger partial charge in [0, 0.05) is 38.6 Å². The Labute approximate surface area is 123 Å². The van der Waals surface area contributed by atoms with Crippen LogP contribution in [0.4, 0.5) is 17.5 Å². The SMILES string of the molecule is Cc1cnc(Nc2ccc3c(c2)ncn3C)nc1N(C)C. The second kappa shape index (κ2) is 5.05. The molecule has 6 nitrogen and oxygen atoms in total. The van der Waals surface area contributed by atoms with Crippen LogP contribution in [0, 0.1) is 6.92 Å². The van der Waals surface area contributed by atoms with Gasteiger partial charge in [0.15, 0.2) is 0 Å². The summed E-state index contributed by atoms with van der Waals surface area (Å²) in [4.78, 5) is 15.2. The van der Waals surface area contributed by atoms with Gasteiger partial charge in [-0.25, -0.2) is 9.97 Å². The molecule has 0 unspecified atom stereocenters. The van der Waals surface area contributed by atoms with E-state index in [-0.39, 0.29) is 0 Å². The number of fused-ring (bicyclic) bond motifs is 1. The Balaban J connectivity index is 1.92. The number of benzene rings is 1. The average molecular weight is 282 g/mol. The van der Waals surface area contributed by atoms with Gasteiger partial charge in [-0.3, -0.25) is 0 Å². The molecular weight excluding hydrogens is 264 g/mol. The summed E-state index contributed by atoms with van der Waals surface area (Å²) in [6.07, 6.45) is 3.63. The Morgan fingerprint density at radius 2 is 2.00 bits per heavy atom. The molecule has 3 rings (SSSR count). The van der Waals surface area contributed by atoms with Crippen LogP contribution in [0.25, 0.3) is 11.0 Å². The predicted molar refractivity (Wildman–Crippen MR) is 85.1 cm³/mol. The summed E-state index contributed by atoms with van der Waals surface area (Å²) in [6, 6.07) is 6.03. The van der Waals surface area contributed by atoms with E-state index in [1.807, 2.05) is 61.9 Å². The van der Waals surface area contributed by atoms with Crippen molar-refractivity contribution in [1.82, 2.24) is 19.5 Å². The van der Waals surface area contributed by atoms with Gasteiger partial charge < -0.3 is 14.8 Å². The maximum Gasteiger partial charge on any atom is 0.229 e. The lowest BCUT2D eigenvalue weighted by Crippen LogP contribution is -2.13. The number of rotatable bonds is 3. The van der Waals surface area contributed by atoms with Crippen LogP contribution >= 0.6 is 0 Å². The predicted octanol–water partition coefficient (Wildman–Crippen LogP) is 2.48. The number of aryl methyl sites for hydroxylation is 2. The number of aromatic nitrogens is 4. The van der Waals surface area contributed by atoms with Gasteiger partial charge in [-0.2, -0.15) is 4.98 Å². The van der Waals surface area contributed by atoms with Crippen molar-refractivity contribution in [3.63, 3.8) is 0 Å². The van der Waals surface area contributed by atoms with E-state index in [1.54, 1.807) is 6.33 Å². The van der Waals surface area contributed by atoms with E-state index >= 15 is 0 Å². The number of nitrogens with one attached hydrogen (secondary N) is 1. The molecule has 0 aliphatic heterocycles. The number of imidazole rings is 1. The van der Waals surface area contributed by atoms with E-state index in [0.29, 0.717) is 5.95 Å². The van der Waals surface area contributed by atoms with Crippen LogP contribution in [0.15, 0.2) is 30.7 Å². The highest BCUT2D eigenvalue weighted by Gasteiger charge is 2.07. The second-order valence-electron chi connectivity index (χ2n) is 5.28. The Bertz CT molecular complexity index is 790. The lowest BCUT2D eigenvalue weighted by molar-refractivity contribution is 0.948. The molecule has 0 saturated heterocycles. The van der Waals surface area contributed by atoms with Crippen LogP contribution in [0.3, 0.4) is 0 Å². The van der Waals surface area contributed by atoms with Gasteiger partial charge >= 0.3 is 0 Å². The summed E-state index contributed by atoms with van der Waals surface area (Å²) in [5.74, 6) is 1.49. The summed E-state index contributed by atoms with van der Waals surface area (Å²) < 4.78 is 1.99. The molecule has 0 radical (unpaired) electrons. The van der Waals surface area contributed by atoms with E-state index in [4.69, 9.17) is 0 Å². The normalized spacial score (nSPS) is 10.9. The average Bonchev–Trinajstić information content (AvgIpc) is 2.82. The standard InChI is InChI=1S/C15H18N6/c1-10-8-16-15(19-14(10)20(2)3)18-11-5-6-13-12(7-11)17-9-21(13)4/h5-9H,1-4H3,(H,16,18,19). The quantitative estimate of drug-likeness (QED) is 0.799. The van der Waals surface area contributed by atoms with E-state index in [1.165, 1.54) is 0 Å². The molecule has 2 heterocycles. The van der Waals surface area contributed by atoms with Gasteiger partial charge in [-0.1, -0.05) is 0 Å². The lowest BCUT2D eigenvalue weighted by atomic mass is 10.2. The fourth-order valence-electron chi connectivity index (χ4n) is 2.29. The molecule has 6 heteroatoms. The monoisotopic (exact) mass is 282 g/mol. The molecule has 2 aromatic heterocycles. The van der Waals surface area contributed by atoms with Gasteiger partial charge in [-0.05, 0) is 25.1 Å². The van der Waals surface area contributed by atoms with E-state index in [2.05, 4.69) is 20.3 Å². The molecule has 0 spiro atoms. The topological polar surface area (TPSA) is 58.9 Å². The van der Waals surface area contributed by atoms with Crippen LogP contribution in [0.5, 0.6) is 0 Å². The molecule has 0 aliphatic carbocycles. The zero-order chi connectivity index (χ0) is 15.0. The zero-order valence-corrected chi connectivity index (χ0v) is 12.6. The van der Waals surface area contributed by atoms with Crippen molar-refractivity contribution in [2.75, 3.05) is 24.3 Å². The number of hydrogen-bond donors (Lipinski definition) is 1. The Morgan fingerprint density at radius 3 is 2.76 bits per heavy atom. The minimum absolute atomic E-state index is 0.583. The number of nitrogens with zero attached hydrogens (tertiary/aromatic N) is 5. The van der Waals surface area contributed by atoms with E-state index < -0.39 is 0 Å². The molecule has 21 heavy (non-hydrogen) atoms. The van der Waals surface area contributed by atoms with Crippen LogP contribution in [0.1, 0.15) is 5.56 Å². The lowest BCUT2D eigenvalue weighted by Gasteiger charge is -2.15. The first kappa shape index (κ1) is 13.4. The maximum atomic E-state index is 4.53. The van der Waals surface area contributed by atoms with Gasteiger partial charge in [0.1, 0.15) is 5.82 Å². The summed E-state index contributed by atoms with van der Waals surface area (Å²) in [6.45, 7) is 2.00. The van der Waals surface area contributed by atoms with Crippen LogP contribution in [0.2, 0.25) is 0 Å². The summed E-state index contributed by atoms with van der Waals surface area (Å²) in [5.41, 5.74) is 4.02. The van der Waals surface area contributed by atoms with Crippen molar-refractivity contribution in [3.05, 3.63) is 36.3 Å². The minimum Gasteiger partial charge on any atom is -0.362 e.